The molecule has 3 heteroatoms. The maximum atomic E-state index is 5.68. The highest BCUT2D eigenvalue weighted by atomic mass is 16.5. The van der Waals surface area contributed by atoms with Gasteiger partial charge in [-0.05, 0) is 37.0 Å². The van der Waals surface area contributed by atoms with E-state index in [1.165, 1.54) is 11.1 Å². The van der Waals surface area contributed by atoms with Crippen molar-refractivity contribution in [2.45, 2.75) is 25.8 Å². The zero-order chi connectivity index (χ0) is 12.4. The van der Waals surface area contributed by atoms with Gasteiger partial charge in [0.25, 0.3) is 0 Å². The molecule has 1 unspecified atom stereocenters. The number of ether oxygens (including phenoxy) is 1. The molecule has 2 aliphatic rings. The Labute approximate surface area is 109 Å². The van der Waals surface area contributed by atoms with Gasteiger partial charge in [-0.15, -0.1) is 0 Å². The number of hydrogen-bond acceptors (Lipinski definition) is 3. The summed E-state index contributed by atoms with van der Waals surface area (Å²) in [5.41, 5.74) is 2.82. The Hall–Kier alpha value is -1.06. The zero-order valence-corrected chi connectivity index (χ0v) is 11.1. The molecule has 0 saturated carbocycles. The van der Waals surface area contributed by atoms with Gasteiger partial charge in [0, 0.05) is 32.2 Å². The van der Waals surface area contributed by atoms with Crippen molar-refractivity contribution in [3.05, 3.63) is 29.3 Å². The van der Waals surface area contributed by atoms with Crippen molar-refractivity contribution in [3.8, 4) is 5.75 Å². The predicted molar refractivity (Wildman–Crippen MR) is 73.1 cm³/mol. The molecule has 0 aromatic heterocycles. The van der Waals surface area contributed by atoms with Crippen LogP contribution in [0.15, 0.2) is 18.2 Å². The van der Waals surface area contributed by atoms with Gasteiger partial charge in [0.2, 0.25) is 0 Å². The molecule has 0 amide bonds. The quantitative estimate of drug-likeness (QED) is 0.863. The molecule has 1 N–H and O–H groups in total. The van der Waals surface area contributed by atoms with E-state index in [9.17, 15) is 0 Å². The van der Waals surface area contributed by atoms with Crippen LogP contribution in [0.25, 0.3) is 0 Å². The predicted octanol–water partition coefficient (Wildman–Crippen LogP) is 1.98. The smallest absolute Gasteiger partial charge is 0.122 e. The molecule has 2 heterocycles. The zero-order valence-electron chi connectivity index (χ0n) is 11.1. The van der Waals surface area contributed by atoms with Gasteiger partial charge in [-0.2, -0.15) is 0 Å². The minimum Gasteiger partial charge on any atom is -0.493 e. The SMILES string of the molecule is CC(c1ccc2c(c1)CCCO2)N1CCNCC1. The van der Waals surface area contributed by atoms with Gasteiger partial charge >= 0.3 is 0 Å². The first-order chi connectivity index (χ1) is 8.84. The molecule has 1 aromatic rings. The molecule has 0 bridgehead atoms. The molecule has 0 aliphatic carbocycles. The molecule has 3 nitrogen and oxygen atoms in total. The Balaban J connectivity index is 1.78. The average molecular weight is 246 g/mol. The minimum atomic E-state index is 0.513. The van der Waals surface area contributed by atoms with Crippen molar-refractivity contribution >= 4 is 0 Å². The summed E-state index contributed by atoms with van der Waals surface area (Å²) in [6.45, 7) is 7.71. The highest BCUT2D eigenvalue weighted by Crippen LogP contribution is 2.29. The second-order valence-electron chi connectivity index (χ2n) is 5.28. The normalized spacial score (nSPS) is 22.1. The summed E-state index contributed by atoms with van der Waals surface area (Å²) in [5, 5.41) is 3.41. The fraction of sp³-hybridized carbons (Fsp3) is 0.600. The molecule has 1 atom stereocenters. The summed E-state index contributed by atoms with van der Waals surface area (Å²) in [6.07, 6.45) is 2.32. The van der Waals surface area contributed by atoms with Gasteiger partial charge in [0.15, 0.2) is 0 Å². The molecule has 2 aliphatic heterocycles. The fourth-order valence-corrected chi connectivity index (χ4v) is 2.92. The standard InChI is InChI=1S/C15H22N2O/c1-12(17-8-6-16-7-9-17)13-4-5-15-14(11-13)3-2-10-18-15/h4-5,11-12,16H,2-3,6-10H2,1H3. The van der Waals surface area contributed by atoms with E-state index in [0.717, 1.165) is 51.4 Å². The van der Waals surface area contributed by atoms with Gasteiger partial charge in [-0.1, -0.05) is 12.1 Å². The first-order valence-corrected chi connectivity index (χ1v) is 7.05. The Bertz CT molecular complexity index is 413. The number of nitrogens with zero attached hydrogens (tertiary/aromatic N) is 1. The van der Waals surface area contributed by atoms with Gasteiger partial charge in [0.1, 0.15) is 5.75 Å². The van der Waals surface area contributed by atoms with Crippen molar-refractivity contribution in [1.29, 1.82) is 0 Å². The second kappa shape index (κ2) is 5.29. The molecule has 98 valence electrons. The number of nitrogens with one attached hydrogen (secondary N) is 1. The summed E-state index contributed by atoms with van der Waals surface area (Å²) in [5.74, 6) is 1.09. The summed E-state index contributed by atoms with van der Waals surface area (Å²) in [6, 6.07) is 7.25. The highest BCUT2D eigenvalue weighted by molar-refractivity contribution is 5.39. The number of benzene rings is 1. The lowest BCUT2D eigenvalue weighted by Crippen LogP contribution is -2.44. The summed E-state index contributed by atoms with van der Waals surface area (Å²) in [4.78, 5) is 2.56. The first kappa shape index (κ1) is 12.0. The van der Waals surface area contributed by atoms with Crippen molar-refractivity contribution < 1.29 is 4.74 Å². The Kier molecular flexibility index (Phi) is 3.52. The maximum Gasteiger partial charge on any atom is 0.122 e. The lowest BCUT2D eigenvalue weighted by atomic mass is 9.99. The molecular formula is C15H22N2O. The van der Waals surface area contributed by atoms with Crippen molar-refractivity contribution in [3.63, 3.8) is 0 Å². The number of fused-ring (bicyclic) bond motifs is 1. The van der Waals surface area contributed by atoms with Crippen LogP contribution in [0.5, 0.6) is 5.75 Å². The number of rotatable bonds is 2. The monoisotopic (exact) mass is 246 g/mol. The van der Waals surface area contributed by atoms with Crippen LogP contribution in [0.3, 0.4) is 0 Å². The van der Waals surface area contributed by atoms with Crippen LogP contribution >= 0.6 is 0 Å². The van der Waals surface area contributed by atoms with E-state index in [2.05, 4.69) is 35.3 Å². The van der Waals surface area contributed by atoms with Gasteiger partial charge < -0.3 is 10.1 Å². The average Bonchev–Trinajstić information content (AvgIpc) is 2.47. The van der Waals surface area contributed by atoms with Crippen molar-refractivity contribution in [1.82, 2.24) is 10.2 Å². The molecule has 0 spiro atoms. The van der Waals surface area contributed by atoms with Gasteiger partial charge in [-0.25, -0.2) is 0 Å². The Morgan fingerprint density at radius 1 is 1.28 bits per heavy atom. The van der Waals surface area contributed by atoms with Crippen LogP contribution in [0.4, 0.5) is 0 Å². The van der Waals surface area contributed by atoms with Gasteiger partial charge in [0.05, 0.1) is 6.61 Å². The number of hydrogen-bond donors (Lipinski definition) is 1. The van der Waals surface area contributed by atoms with E-state index in [1.807, 2.05) is 0 Å². The fourth-order valence-electron chi connectivity index (χ4n) is 2.92. The van der Waals surface area contributed by atoms with E-state index in [-0.39, 0.29) is 0 Å². The van der Waals surface area contributed by atoms with E-state index in [0.29, 0.717) is 6.04 Å². The largest absolute Gasteiger partial charge is 0.493 e. The molecule has 18 heavy (non-hydrogen) atoms. The highest BCUT2D eigenvalue weighted by Gasteiger charge is 2.19. The molecule has 0 radical (unpaired) electrons. The van der Waals surface area contributed by atoms with E-state index in [4.69, 9.17) is 4.74 Å². The lowest BCUT2D eigenvalue weighted by Gasteiger charge is -2.33. The number of piperazine rings is 1. The van der Waals surface area contributed by atoms with E-state index in [1.54, 1.807) is 0 Å². The topological polar surface area (TPSA) is 24.5 Å². The summed E-state index contributed by atoms with van der Waals surface area (Å²) < 4.78 is 5.68. The molecular weight excluding hydrogens is 224 g/mol. The minimum absolute atomic E-state index is 0.513. The van der Waals surface area contributed by atoms with Crippen LogP contribution in [0.1, 0.15) is 30.5 Å². The summed E-state index contributed by atoms with van der Waals surface area (Å²) in [7, 11) is 0. The maximum absolute atomic E-state index is 5.68. The Morgan fingerprint density at radius 3 is 2.94 bits per heavy atom. The van der Waals surface area contributed by atoms with E-state index >= 15 is 0 Å². The lowest BCUT2D eigenvalue weighted by molar-refractivity contribution is 0.185. The van der Waals surface area contributed by atoms with Gasteiger partial charge in [-0.3, -0.25) is 4.90 Å². The Morgan fingerprint density at radius 2 is 2.11 bits per heavy atom. The third-order valence-corrected chi connectivity index (χ3v) is 4.11. The van der Waals surface area contributed by atoms with E-state index < -0.39 is 0 Å². The molecule has 1 fully saturated rings. The molecule has 3 rings (SSSR count). The van der Waals surface area contributed by atoms with Crippen LogP contribution in [0.2, 0.25) is 0 Å². The van der Waals surface area contributed by atoms with Crippen LogP contribution < -0.4 is 10.1 Å². The summed E-state index contributed by atoms with van der Waals surface area (Å²) >= 11 is 0. The first-order valence-electron chi connectivity index (χ1n) is 7.05. The van der Waals surface area contributed by atoms with Crippen LogP contribution in [-0.2, 0) is 6.42 Å². The van der Waals surface area contributed by atoms with Crippen molar-refractivity contribution in [2.24, 2.45) is 0 Å². The van der Waals surface area contributed by atoms with Crippen LogP contribution in [0, 0.1) is 0 Å². The number of aryl methyl sites for hydroxylation is 1. The molecule has 1 aromatic carbocycles. The second-order valence-corrected chi connectivity index (χ2v) is 5.28. The van der Waals surface area contributed by atoms with Crippen LogP contribution in [-0.4, -0.2) is 37.7 Å². The van der Waals surface area contributed by atoms with Crippen molar-refractivity contribution in [2.75, 3.05) is 32.8 Å². The third kappa shape index (κ3) is 2.38. The molecule has 1 saturated heterocycles. The third-order valence-electron chi connectivity index (χ3n) is 4.11.